The molecule has 0 fully saturated rings. The molecule has 4 aromatic rings. The number of para-hydroxylation sites is 1. The molecule has 8 nitrogen and oxygen atoms in total. The van der Waals surface area contributed by atoms with E-state index in [1.807, 2.05) is 36.4 Å². The van der Waals surface area contributed by atoms with E-state index in [9.17, 15) is 19.7 Å². The van der Waals surface area contributed by atoms with Crippen LogP contribution in [0.3, 0.4) is 0 Å². The number of ether oxygens (including phenoxy) is 1. The maximum atomic E-state index is 13.0. The number of nitro groups is 1. The number of rotatable bonds is 6. The monoisotopic (exact) mass is 441 g/mol. The zero-order valence-corrected chi connectivity index (χ0v) is 17.6. The second-order valence-corrected chi connectivity index (χ2v) is 7.28. The van der Waals surface area contributed by atoms with Gasteiger partial charge in [0.2, 0.25) is 0 Å². The molecule has 4 rings (SSSR count). The summed E-state index contributed by atoms with van der Waals surface area (Å²) in [5, 5.41) is 14.1. The molecule has 0 unspecified atom stereocenters. The van der Waals surface area contributed by atoms with Crippen molar-refractivity contribution in [1.29, 1.82) is 0 Å². The Morgan fingerprint density at radius 2 is 1.70 bits per heavy atom. The lowest BCUT2D eigenvalue weighted by Crippen LogP contribution is -2.30. The molecule has 164 valence electrons. The number of anilines is 1. The third-order valence-corrected chi connectivity index (χ3v) is 4.98. The van der Waals surface area contributed by atoms with Gasteiger partial charge in [0, 0.05) is 28.8 Å². The highest BCUT2D eigenvalue weighted by Crippen LogP contribution is 2.26. The first-order chi connectivity index (χ1) is 15.9. The molecule has 0 radical (unpaired) electrons. The van der Waals surface area contributed by atoms with Crippen LogP contribution in [-0.4, -0.2) is 27.9 Å². The number of fused-ring (bicyclic) bond motifs is 1. The zero-order chi connectivity index (χ0) is 23.4. The Labute approximate surface area is 189 Å². The normalized spacial score (nSPS) is 11.5. The number of benzene rings is 3. The van der Waals surface area contributed by atoms with Gasteiger partial charge < -0.3 is 10.1 Å². The standard InChI is InChI=1S/C25H19N3O5/c1-16(24(29)26-18-10-7-11-19(14-18)28(31)32)33-25(30)21-15-23(17-8-3-2-4-9-17)27-22-13-6-5-12-20(21)22/h2-16H,1H3,(H,26,29)/t16-/m1/s1. The van der Waals surface area contributed by atoms with Crippen molar-refractivity contribution >= 4 is 34.2 Å². The van der Waals surface area contributed by atoms with Gasteiger partial charge in [0.15, 0.2) is 6.10 Å². The number of non-ortho nitro benzene ring substituents is 1. The molecule has 0 spiro atoms. The molecule has 8 heteroatoms. The molecule has 0 saturated carbocycles. The van der Waals surface area contributed by atoms with Crippen LogP contribution in [0.4, 0.5) is 11.4 Å². The molecule has 1 atom stereocenters. The number of esters is 1. The van der Waals surface area contributed by atoms with Crippen LogP contribution in [0.1, 0.15) is 17.3 Å². The molecule has 33 heavy (non-hydrogen) atoms. The Bertz CT molecular complexity index is 1350. The fourth-order valence-corrected chi connectivity index (χ4v) is 3.32. The number of pyridine rings is 1. The molecule has 0 aliphatic heterocycles. The molecule has 1 heterocycles. The van der Waals surface area contributed by atoms with E-state index in [4.69, 9.17) is 4.74 Å². The van der Waals surface area contributed by atoms with Gasteiger partial charge in [-0.15, -0.1) is 0 Å². The number of nitrogens with zero attached hydrogens (tertiary/aromatic N) is 2. The number of hydrogen-bond acceptors (Lipinski definition) is 6. The van der Waals surface area contributed by atoms with E-state index in [-0.39, 0.29) is 16.9 Å². The van der Waals surface area contributed by atoms with Gasteiger partial charge in [0.25, 0.3) is 11.6 Å². The quantitative estimate of drug-likeness (QED) is 0.256. The largest absolute Gasteiger partial charge is 0.449 e. The van der Waals surface area contributed by atoms with Crippen molar-refractivity contribution in [2.75, 3.05) is 5.32 Å². The van der Waals surface area contributed by atoms with Crippen LogP contribution in [0, 0.1) is 10.1 Å². The van der Waals surface area contributed by atoms with Crippen LogP contribution < -0.4 is 5.32 Å². The maximum Gasteiger partial charge on any atom is 0.339 e. The summed E-state index contributed by atoms with van der Waals surface area (Å²) in [4.78, 5) is 40.6. The van der Waals surface area contributed by atoms with Crippen LogP contribution in [-0.2, 0) is 9.53 Å². The number of amides is 1. The second kappa shape index (κ2) is 9.27. The first-order valence-electron chi connectivity index (χ1n) is 10.1. The third-order valence-electron chi connectivity index (χ3n) is 4.98. The van der Waals surface area contributed by atoms with Crippen LogP contribution in [0.5, 0.6) is 0 Å². The number of carbonyl (C=O) groups excluding carboxylic acids is 2. The van der Waals surface area contributed by atoms with E-state index < -0.39 is 22.9 Å². The van der Waals surface area contributed by atoms with E-state index in [0.717, 1.165) is 5.56 Å². The zero-order valence-electron chi connectivity index (χ0n) is 17.6. The molecule has 0 aliphatic carbocycles. The maximum absolute atomic E-state index is 13.0. The van der Waals surface area contributed by atoms with E-state index in [2.05, 4.69) is 10.3 Å². The van der Waals surface area contributed by atoms with Gasteiger partial charge in [-0.1, -0.05) is 54.6 Å². The molecular formula is C25H19N3O5. The van der Waals surface area contributed by atoms with Gasteiger partial charge >= 0.3 is 5.97 Å². The summed E-state index contributed by atoms with van der Waals surface area (Å²) in [6.45, 7) is 1.44. The molecular weight excluding hydrogens is 422 g/mol. The van der Waals surface area contributed by atoms with Gasteiger partial charge in [0.1, 0.15) is 0 Å². The molecule has 0 bridgehead atoms. The fourth-order valence-electron chi connectivity index (χ4n) is 3.32. The van der Waals surface area contributed by atoms with E-state index in [0.29, 0.717) is 16.6 Å². The Kier molecular flexibility index (Phi) is 6.08. The lowest BCUT2D eigenvalue weighted by molar-refractivity contribution is -0.384. The minimum absolute atomic E-state index is 0.158. The van der Waals surface area contributed by atoms with Crippen molar-refractivity contribution in [1.82, 2.24) is 4.98 Å². The molecule has 0 aliphatic rings. The van der Waals surface area contributed by atoms with Gasteiger partial charge in [-0.3, -0.25) is 14.9 Å². The highest BCUT2D eigenvalue weighted by atomic mass is 16.6. The van der Waals surface area contributed by atoms with Crippen LogP contribution in [0.25, 0.3) is 22.2 Å². The number of aromatic nitrogens is 1. The highest BCUT2D eigenvalue weighted by Gasteiger charge is 2.22. The topological polar surface area (TPSA) is 111 Å². The molecule has 1 aromatic heterocycles. The Morgan fingerprint density at radius 1 is 0.970 bits per heavy atom. The summed E-state index contributed by atoms with van der Waals surface area (Å²) in [5.41, 5.74) is 2.43. The minimum Gasteiger partial charge on any atom is -0.449 e. The summed E-state index contributed by atoms with van der Waals surface area (Å²) >= 11 is 0. The van der Waals surface area contributed by atoms with E-state index in [1.54, 1.807) is 24.3 Å². The van der Waals surface area contributed by atoms with Crippen LogP contribution in [0.2, 0.25) is 0 Å². The third kappa shape index (κ3) is 4.85. The van der Waals surface area contributed by atoms with Crippen molar-refractivity contribution in [2.45, 2.75) is 13.0 Å². The van der Waals surface area contributed by atoms with Gasteiger partial charge in [-0.2, -0.15) is 0 Å². The fraction of sp³-hybridized carbons (Fsp3) is 0.0800. The Balaban J connectivity index is 1.57. The molecule has 0 saturated heterocycles. The Hall–Kier alpha value is -4.59. The minimum atomic E-state index is -1.14. The molecule has 1 N–H and O–H groups in total. The smallest absolute Gasteiger partial charge is 0.339 e. The average Bonchev–Trinajstić information content (AvgIpc) is 2.83. The summed E-state index contributed by atoms with van der Waals surface area (Å²) in [6, 6.07) is 23.8. The van der Waals surface area contributed by atoms with Gasteiger partial charge in [-0.05, 0) is 25.1 Å². The summed E-state index contributed by atoms with van der Waals surface area (Å²) in [6.07, 6.45) is -1.14. The number of nitrogens with one attached hydrogen (secondary N) is 1. The summed E-state index contributed by atoms with van der Waals surface area (Å²) in [5.74, 6) is -1.28. The van der Waals surface area contributed by atoms with Gasteiger partial charge in [-0.25, -0.2) is 9.78 Å². The first kappa shape index (κ1) is 21.6. The number of carbonyl (C=O) groups is 2. The molecule has 3 aromatic carbocycles. The SMILES string of the molecule is C[C@@H](OC(=O)c1cc(-c2ccccc2)nc2ccccc12)C(=O)Nc1cccc([N+](=O)[O-])c1. The van der Waals surface area contributed by atoms with Crippen LogP contribution in [0.15, 0.2) is 84.9 Å². The van der Waals surface area contributed by atoms with Crippen molar-refractivity contribution in [3.63, 3.8) is 0 Å². The van der Waals surface area contributed by atoms with Crippen molar-refractivity contribution in [3.8, 4) is 11.3 Å². The summed E-state index contributed by atoms with van der Waals surface area (Å²) < 4.78 is 5.43. The number of nitro benzene ring substituents is 1. The molecule has 1 amide bonds. The average molecular weight is 441 g/mol. The predicted molar refractivity (Wildman–Crippen MR) is 124 cm³/mol. The number of hydrogen-bond donors (Lipinski definition) is 1. The van der Waals surface area contributed by atoms with Crippen molar-refractivity contribution in [3.05, 3.63) is 101 Å². The highest BCUT2D eigenvalue weighted by molar-refractivity contribution is 6.06. The van der Waals surface area contributed by atoms with E-state index >= 15 is 0 Å². The summed E-state index contributed by atoms with van der Waals surface area (Å²) in [7, 11) is 0. The predicted octanol–water partition coefficient (Wildman–Crippen LogP) is 4.99. The lowest BCUT2D eigenvalue weighted by Gasteiger charge is -2.15. The van der Waals surface area contributed by atoms with Crippen LogP contribution >= 0.6 is 0 Å². The second-order valence-electron chi connectivity index (χ2n) is 7.28. The lowest BCUT2D eigenvalue weighted by atomic mass is 10.0. The van der Waals surface area contributed by atoms with Crippen molar-refractivity contribution < 1.29 is 19.2 Å². The Morgan fingerprint density at radius 3 is 2.45 bits per heavy atom. The van der Waals surface area contributed by atoms with Gasteiger partial charge in [0.05, 0.1) is 21.7 Å². The first-order valence-corrected chi connectivity index (χ1v) is 10.1. The van der Waals surface area contributed by atoms with Crippen molar-refractivity contribution in [2.24, 2.45) is 0 Å². The van der Waals surface area contributed by atoms with E-state index in [1.165, 1.54) is 31.2 Å².